The maximum atomic E-state index is 12.1. The molecule has 2 rings (SSSR count). The largest absolute Gasteiger partial charge is 0.484 e. The van der Waals surface area contributed by atoms with E-state index in [1.54, 1.807) is 0 Å². The Hall–Kier alpha value is -1.59. The molecule has 0 aliphatic carbocycles. The van der Waals surface area contributed by atoms with Crippen LogP contribution in [0.4, 0.5) is 0 Å². The Kier molecular flexibility index (Phi) is 7.53. The molecule has 0 saturated carbocycles. The van der Waals surface area contributed by atoms with Crippen LogP contribution in [-0.2, 0) is 14.3 Å². The zero-order chi connectivity index (χ0) is 17.4. The van der Waals surface area contributed by atoms with Crippen LogP contribution in [0, 0.1) is 0 Å². The highest BCUT2D eigenvalue weighted by Gasteiger charge is 2.34. The zero-order valence-electron chi connectivity index (χ0n) is 14.6. The van der Waals surface area contributed by atoms with Crippen molar-refractivity contribution in [1.29, 1.82) is 0 Å². The second-order valence-electron chi connectivity index (χ2n) is 6.34. The lowest BCUT2D eigenvalue weighted by atomic mass is 9.99. The van der Waals surface area contributed by atoms with Crippen molar-refractivity contribution in [2.24, 2.45) is 5.73 Å². The first-order valence-corrected chi connectivity index (χ1v) is 8.91. The van der Waals surface area contributed by atoms with Crippen LogP contribution in [0.15, 0.2) is 30.3 Å². The first-order chi connectivity index (χ1) is 11.6. The van der Waals surface area contributed by atoms with Crippen LogP contribution in [-0.4, -0.2) is 36.9 Å². The number of nitrogens with two attached hydrogens (primary N) is 1. The molecule has 2 N–H and O–H groups in total. The molecule has 0 unspecified atom stereocenters. The van der Waals surface area contributed by atoms with Crippen molar-refractivity contribution in [3.8, 4) is 5.75 Å². The van der Waals surface area contributed by atoms with Gasteiger partial charge in [0.2, 0.25) is 0 Å². The van der Waals surface area contributed by atoms with Gasteiger partial charge in [0.25, 0.3) is 0 Å². The monoisotopic (exact) mass is 335 g/mol. The number of cyclic esters (lactones) is 1. The van der Waals surface area contributed by atoms with E-state index >= 15 is 0 Å². The lowest BCUT2D eigenvalue weighted by Crippen LogP contribution is -2.47. The fourth-order valence-corrected chi connectivity index (χ4v) is 2.91. The quantitative estimate of drug-likeness (QED) is 0.837. The predicted octanol–water partition coefficient (Wildman–Crippen LogP) is 3.06. The molecule has 1 aromatic rings. The summed E-state index contributed by atoms with van der Waals surface area (Å²) in [5.74, 6) is 0.386. The summed E-state index contributed by atoms with van der Waals surface area (Å²) in [6, 6.07) is 9.02. The van der Waals surface area contributed by atoms with Gasteiger partial charge in [-0.3, -0.25) is 4.79 Å². The van der Waals surface area contributed by atoms with E-state index in [9.17, 15) is 4.79 Å². The van der Waals surface area contributed by atoms with Crippen molar-refractivity contribution in [2.75, 3.05) is 6.61 Å². The molecular formula is C19H29NO4. The lowest BCUT2D eigenvalue weighted by Gasteiger charge is -2.33. The third kappa shape index (κ3) is 5.49. The number of carbonyl (C=O) groups excluding carboxylic acids is 1. The summed E-state index contributed by atoms with van der Waals surface area (Å²) in [6.45, 7) is 4.59. The molecule has 1 aliphatic heterocycles. The molecule has 0 radical (unpaired) electrons. The fourth-order valence-electron chi connectivity index (χ4n) is 2.91. The van der Waals surface area contributed by atoms with Gasteiger partial charge in [-0.15, -0.1) is 0 Å². The van der Waals surface area contributed by atoms with E-state index in [1.807, 2.05) is 37.3 Å². The number of para-hydroxylation sites is 1. The second kappa shape index (κ2) is 9.64. The average Bonchev–Trinajstić information content (AvgIpc) is 2.59. The first-order valence-electron chi connectivity index (χ1n) is 8.91. The average molecular weight is 335 g/mol. The Bertz CT molecular complexity index is 493. The summed E-state index contributed by atoms with van der Waals surface area (Å²) >= 11 is 0. The maximum absolute atomic E-state index is 12.1. The zero-order valence-corrected chi connectivity index (χ0v) is 14.6. The molecule has 4 atom stereocenters. The highest BCUT2D eigenvalue weighted by Crippen LogP contribution is 2.23. The van der Waals surface area contributed by atoms with Gasteiger partial charge >= 0.3 is 5.97 Å². The third-order valence-corrected chi connectivity index (χ3v) is 4.24. The van der Waals surface area contributed by atoms with Crippen molar-refractivity contribution in [1.82, 2.24) is 0 Å². The molecule has 1 fully saturated rings. The maximum Gasteiger partial charge on any atom is 0.323 e. The highest BCUT2D eigenvalue weighted by atomic mass is 16.6. The Morgan fingerprint density at radius 3 is 2.62 bits per heavy atom. The number of rotatable bonds is 5. The van der Waals surface area contributed by atoms with Crippen LogP contribution >= 0.6 is 0 Å². The SMILES string of the molecule is CCCO[C@H]1CCCC[C@H](N)C(=O)O[C@@H](C)[C@@H]1Oc1ccccc1. The van der Waals surface area contributed by atoms with Crippen molar-refractivity contribution < 1.29 is 19.0 Å². The van der Waals surface area contributed by atoms with E-state index < -0.39 is 12.1 Å². The molecule has 5 nitrogen and oxygen atoms in total. The van der Waals surface area contributed by atoms with Gasteiger partial charge in [-0.25, -0.2) is 0 Å². The van der Waals surface area contributed by atoms with Gasteiger partial charge in [0.15, 0.2) is 6.10 Å². The second-order valence-corrected chi connectivity index (χ2v) is 6.34. The van der Waals surface area contributed by atoms with Gasteiger partial charge < -0.3 is 19.9 Å². The number of esters is 1. The molecule has 1 saturated heterocycles. The van der Waals surface area contributed by atoms with Crippen molar-refractivity contribution in [3.63, 3.8) is 0 Å². The molecule has 5 heteroatoms. The van der Waals surface area contributed by atoms with E-state index in [0.717, 1.165) is 31.4 Å². The normalized spacial score (nSPS) is 28.9. The summed E-state index contributed by atoms with van der Waals surface area (Å²) in [5, 5.41) is 0. The Labute approximate surface area is 144 Å². The smallest absolute Gasteiger partial charge is 0.323 e. The Balaban J connectivity index is 2.18. The van der Waals surface area contributed by atoms with E-state index in [1.165, 1.54) is 0 Å². The van der Waals surface area contributed by atoms with Gasteiger partial charge in [-0.2, -0.15) is 0 Å². The number of carbonyl (C=O) groups is 1. The van der Waals surface area contributed by atoms with Crippen LogP contribution in [0.1, 0.15) is 46.0 Å². The minimum atomic E-state index is -0.557. The number of ether oxygens (including phenoxy) is 3. The summed E-state index contributed by atoms with van der Waals surface area (Å²) in [7, 11) is 0. The van der Waals surface area contributed by atoms with E-state index in [0.29, 0.717) is 13.0 Å². The van der Waals surface area contributed by atoms with Crippen LogP contribution in [0.2, 0.25) is 0 Å². The van der Waals surface area contributed by atoms with Gasteiger partial charge in [0.1, 0.15) is 17.9 Å². The van der Waals surface area contributed by atoms with Crippen molar-refractivity contribution in [3.05, 3.63) is 30.3 Å². The van der Waals surface area contributed by atoms with Crippen LogP contribution in [0.3, 0.4) is 0 Å². The van der Waals surface area contributed by atoms with Gasteiger partial charge in [0, 0.05) is 6.61 Å². The summed E-state index contributed by atoms with van der Waals surface area (Å²) in [6.07, 6.45) is 3.40. The minimum absolute atomic E-state index is 0.109. The molecule has 0 spiro atoms. The summed E-state index contributed by atoms with van der Waals surface area (Å²) < 4.78 is 17.7. The third-order valence-electron chi connectivity index (χ3n) is 4.24. The first kappa shape index (κ1) is 18.7. The summed E-state index contributed by atoms with van der Waals surface area (Å²) in [5.41, 5.74) is 5.90. The van der Waals surface area contributed by atoms with E-state index in [2.05, 4.69) is 6.92 Å². The number of benzene rings is 1. The fraction of sp³-hybridized carbons (Fsp3) is 0.632. The molecule has 1 aliphatic rings. The van der Waals surface area contributed by atoms with Crippen LogP contribution < -0.4 is 10.5 Å². The molecule has 0 amide bonds. The molecule has 0 aromatic heterocycles. The van der Waals surface area contributed by atoms with E-state index in [-0.39, 0.29) is 18.2 Å². The topological polar surface area (TPSA) is 70.8 Å². The van der Waals surface area contributed by atoms with Crippen LogP contribution in [0.5, 0.6) is 5.75 Å². The summed E-state index contributed by atoms with van der Waals surface area (Å²) in [4.78, 5) is 12.1. The Morgan fingerprint density at radius 1 is 1.21 bits per heavy atom. The molecular weight excluding hydrogens is 306 g/mol. The van der Waals surface area contributed by atoms with Crippen molar-refractivity contribution in [2.45, 2.75) is 70.3 Å². The van der Waals surface area contributed by atoms with Gasteiger partial charge in [-0.05, 0) is 38.3 Å². The van der Waals surface area contributed by atoms with Gasteiger partial charge in [-0.1, -0.05) is 38.0 Å². The van der Waals surface area contributed by atoms with Gasteiger partial charge in [0.05, 0.1) is 6.10 Å². The number of hydrogen-bond donors (Lipinski definition) is 1. The van der Waals surface area contributed by atoms with Crippen molar-refractivity contribution >= 4 is 5.97 Å². The van der Waals surface area contributed by atoms with E-state index in [4.69, 9.17) is 19.9 Å². The minimum Gasteiger partial charge on any atom is -0.484 e. The Morgan fingerprint density at radius 2 is 1.92 bits per heavy atom. The molecule has 1 aromatic carbocycles. The highest BCUT2D eigenvalue weighted by molar-refractivity contribution is 5.75. The standard InChI is InChI=1S/C19H29NO4/c1-3-13-22-17-12-8-7-11-16(20)19(21)23-14(2)18(17)24-15-9-5-4-6-10-15/h4-6,9-10,14,16-18H,3,7-8,11-13,20H2,1-2H3/t14-,16-,17-,18-/m0/s1. The molecule has 1 heterocycles. The van der Waals surface area contributed by atoms with Crippen LogP contribution in [0.25, 0.3) is 0 Å². The molecule has 24 heavy (non-hydrogen) atoms. The predicted molar refractivity (Wildman–Crippen MR) is 92.9 cm³/mol. The number of hydrogen-bond acceptors (Lipinski definition) is 5. The lowest BCUT2D eigenvalue weighted by molar-refractivity contribution is -0.161. The molecule has 0 bridgehead atoms. The molecule has 134 valence electrons.